The van der Waals surface area contributed by atoms with Crippen LogP contribution >= 0.6 is 23.2 Å². The van der Waals surface area contributed by atoms with Gasteiger partial charge in [0.05, 0.1) is 12.5 Å². The number of benzene rings is 1. The highest BCUT2D eigenvalue weighted by Gasteiger charge is 2.05. The minimum Gasteiger partial charge on any atom is -0.369 e. The van der Waals surface area contributed by atoms with Gasteiger partial charge in [0.2, 0.25) is 0 Å². The molecule has 130 valence electrons. The van der Waals surface area contributed by atoms with E-state index in [1.54, 1.807) is 12.5 Å². The summed E-state index contributed by atoms with van der Waals surface area (Å²) in [5.41, 5.74) is 6.26. The number of hydrogen-bond acceptors (Lipinski definition) is 6. The molecule has 2 N–H and O–H groups in total. The van der Waals surface area contributed by atoms with E-state index in [1.165, 1.54) is 6.33 Å². The fraction of sp³-hybridized carbons (Fsp3) is 0.250. The van der Waals surface area contributed by atoms with Crippen molar-refractivity contribution in [1.82, 2.24) is 19.9 Å². The summed E-state index contributed by atoms with van der Waals surface area (Å²) in [6.07, 6.45) is 4.74. The Bertz CT molecular complexity index is 826. The highest BCUT2D eigenvalue weighted by molar-refractivity contribution is 6.18. The molecular formula is C16H17Cl2N7. The van der Waals surface area contributed by atoms with Crippen molar-refractivity contribution in [2.24, 2.45) is 5.10 Å². The van der Waals surface area contributed by atoms with Gasteiger partial charge in [-0.3, -0.25) is 5.43 Å². The van der Waals surface area contributed by atoms with Crippen molar-refractivity contribution in [3.63, 3.8) is 0 Å². The van der Waals surface area contributed by atoms with Crippen molar-refractivity contribution < 1.29 is 0 Å². The van der Waals surface area contributed by atoms with E-state index in [-0.39, 0.29) is 0 Å². The summed E-state index contributed by atoms with van der Waals surface area (Å²) in [5, 5.41) is 4.22. The lowest BCUT2D eigenvalue weighted by atomic mass is 10.2. The number of hydrogen-bond donors (Lipinski definition) is 2. The lowest BCUT2D eigenvalue weighted by Gasteiger charge is -2.22. The maximum absolute atomic E-state index is 5.84. The summed E-state index contributed by atoms with van der Waals surface area (Å²) in [5.74, 6) is 1.70. The molecule has 0 bridgehead atoms. The fourth-order valence-electron chi connectivity index (χ4n) is 2.36. The number of hydrazone groups is 1. The van der Waals surface area contributed by atoms with Gasteiger partial charge >= 0.3 is 0 Å². The second-order valence-electron chi connectivity index (χ2n) is 5.15. The minimum atomic E-state index is 0.561. The van der Waals surface area contributed by atoms with Crippen LogP contribution in [0.3, 0.4) is 0 Å². The van der Waals surface area contributed by atoms with Gasteiger partial charge in [0.25, 0.3) is 0 Å². The molecule has 0 fully saturated rings. The predicted octanol–water partition coefficient (Wildman–Crippen LogP) is 3.08. The first-order chi connectivity index (χ1) is 12.3. The van der Waals surface area contributed by atoms with Crippen molar-refractivity contribution in [3.05, 3.63) is 42.5 Å². The third kappa shape index (κ3) is 4.37. The number of nitrogens with zero attached hydrogens (tertiary/aromatic N) is 5. The Balaban J connectivity index is 1.66. The second kappa shape index (κ2) is 8.64. The Hall–Kier alpha value is -2.38. The summed E-state index contributed by atoms with van der Waals surface area (Å²) in [4.78, 5) is 17.4. The molecule has 9 heteroatoms. The molecule has 0 spiro atoms. The largest absolute Gasteiger partial charge is 0.369 e. The van der Waals surface area contributed by atoms with E-state index < -0.39 is 0 Å². The SMILES string of the molecule is ClCCN(CCCl)c1ccc(C=NNc2ncnc3nc[nH]c23)cc1. The van der Waals surface area contributed by atoms with E-state index >= 15 is 0 Å². The van der Waals surface area contributed by atoms with Crippen LogP contribution in [0.5, 0.6) is 0 Å². The van der Waals surface area contributed by atoms with E-state index in [0.717, 1.165) is 24.3 Å². The third-order valence-corrected chi connectivity index (χ3v) is 3.91. The molecule has 3 aromatic rings. The lowest BCUT2D eigenvalue weighted by molar-refractivity contribution is 0.874. The van der Waals surface area contributed by atoms with Gasteiger partial charge in [0.1, 0.15) is 11.8 Å². The van der Waals surface area contributed by atoms with Crippen molar-refractivity contribution >= 4 is 52.1 Å². The smallest absolute Gasteiger partial charge is 0.182 e. The second-order valence-corrected chi connectivity index (χ2v) is 5.91. The minimum absolute atomic E-state index is 0.561. The van der Waals surface area contributed by atoms with Gasteiger partial charge in [-0.15, -0.1) is 23.2 Å². The van der Waals surface area contributed by atoms with Crippen LogP contribution in [0.2, 0.25) is 0 Å². The fourth-order valence-corrected chi connectivity index (χ4v) is 2.77. The van der Waals surface area contributed by atoms with Crippen LogP contribution in [0.4, 0.5) is 11.5 Å². The van der Waals surface area contributed by atoms with Gasteiger partial charge < -0.3 is 9.88 Å². The number of aromatic nitrogens is 4. The highest BCUT2D eigenvalue weighted by Crippen LogP contribution is 2.16. The first kappa shape index (κ1) is 17.4. The molecule has 25 heavy (non-hydrogen) atoms. The molecule has 0 saturated heterocycles. The molecular weight excluding hydrogens is 361 g/mol. The molecule has 1 aromatic carbocycles. The quantitative estimate of drug-likeness (QED) is 0.358. The van der Waals surface area contributed by atoms with Crippen LogP contribution in [0.1, 0.15) is 5.56 Å². The predicted molar refractivity (Wildman–Crippen MR) is 103 cm³/mol. The van der Waals surface area contributed by atoms with Crippen LogP contribution in [-0.4, -0.2) is 51.0 Å². The van der Waals surface area contributed by atoms with Crippen molar-refractivity contribution in [1.29, 1.82) is 0 Å². The number of imidazole rings is 1. The Kier molecular flexibility index (Phi) is 6.03. The number of nitrogens with one attached hydrogen (secondary N) is 2. The molecule has 7 nitrogen and oxygen atoms in total. The topological polar surface area (TPSA) is 82.1 Å². The number of alkyl halides is 2. The lowest BCUT2D eigenvalue weighted by Crippen LogP contribution is -2.27. The van der Waals surface area contributed by atoms with E-state index in [9.17, 15) is 0 Å². The third-order valence-electron chi connectivity index (χ3n) is 3.57. The van der Waals surface area contributed by atoms with Crippen molar-refractivity contribution in [3.8, 4) is 0 Å². The molecule has 0 amide bonds. The van der Waals surface area contributed by atoms with Crippen molar-refractivity contribution in [2.45, 2.75) is 0 Å². The maximum atomic E-state index is 5.84. The van der Waals surface area contributed by atoms with Crippen LogP contribution in [-0.2, 0) is 0 Å². The first-order valence-corrected chi connectivity index (χ1v) is 8.79. The molecule has 2 heterocycles. The number of fused-ring (bicyclic) bond motifs is 1. The van der Waals surface area contributed by atoms with Crippen LogP contribution in [0.25, 0.3) is 11.2 Å². The zero-order valence-corrected chi connectivity index (χ0v) is 14.9. The van der Waals surface area contributed by atoms with Gasteiger partial charge in [-0.2, -0.15) is 5.10 Å². The van der Waals surface area contributed by atoms with Gasteiger partial charge in [-0.05, 0) is 17.7 Å². The molecule has 0 saturated carbocycles. The Morgan fingerprint density at radius 2 is 1.84 bits per heavy atom. The molecule has 0 aliphatic rings. The van der Waals surface area contributed by atoms with E-state index in [4.69, 9.17) is 23.2 Å². The molecule has 0 aliphatic heterocycles. The zero-order chi connectivity index (χ0) is 17.5. The molecule has 0 unspecified atom stereocenters. The molecule has 3 rings (SSSR count). The number of halogens is 2. The molecule has 0 radical (unpaired) electrons. The first-order valence-electron chi connectivity index (χ1n) is 7.72. The summed E-state index contributed by atoms with van der Waals surface area (Å²) in [6, 6.07) is 8.03. The molecule has 0 atom stereocenters. The number of aromatic amines is 1. The van der Waals surface area contributed by atoms with Gasteiger partial charge in [-0.25, -0.2) is 15.0 Å². The molecule has 0 aliphatic carbocycles. The maximum Gasteiger partial charge on any atom is 0.182 e. The van der Waals surface area contributed by atoms with Crippen molar-refractivity contribution in [2.75, 3.05) is 35.2 Å². The average molecular weight is 378 g/mol. The van der Waals surface area contributed by atoms with E-state index in [2.05, 4.69) is 35.4 Å². The normalized spacial score (nSPS) is 11.3. The molecule has 2 aromatic heterocycles. The van der Waals surface area contributed by atoms with Crippen LogP contribution in [0.15, 0.2) is 42.0 Å². The summed E-state index contributed by atoms with van der Waals surface area (Å²) in [6.45, 7) is 1.52. The summed E-state index contributed by atoms with van der Waals surface area (Å²) in [7, 11) is 0. The van der Waals surface area contributed by atoms with Gasteiger partial charge in [-0.1, -0.05) is 12.1 Å². The standard InChI is InChI=1S/C16H17Cl2N7/c17-5-7-25(8-6-18)13-3-1-12(2-4-13)9-23-24-16-14-15(20-10-19-14)21-11-22-16/h1-4,9-11H,5-8H2,(H2,19,20,21,22,24). The Morgan fingerprint density at radius 1 is 1.08 bits per heavy atom. The van der Waals surface area contributed by atoms with Gasteiger partial charge in [0.15, 0.2) is 11.5 Å². The number of rotatable bonds is 8. The number of anilines is 2. The Labute approximate surface area is 155 Å². The zero-order valence-electron chi connectivity index (χ0n) is 13.4. The Morgan fingerprint density at radius 3 is 2.56 bits per heavy atom. The number of H-pyrrole nitrogens is 1. The highest BCUT2D eigenvalue weighted by atomic mass is 35.5. The average Bonchev–Trinajstić information content (AvgIpc) is 3.12. The summed E-state index contributed by atoms with van der Waals surface area (Å²) >= 11 is 11.7. The monoisotopic (exact) mass is 377 g/mol. The van der Waals surface area contributed by atoms with Gasteiger partial charge in [0, 0.05) is 30.5 Å². The van der Waals surface area contributed by atoms with Crippen LogP contribution in [0, 0.1) is 0 Å². The van der Waals surface area contributed by atoms with E-state index in [0.29, 0.717) is 28.7 Å². The van der Waals surface area contributed by atoms with Crippen LogP contribution < -0.4 is 10.3 Å². The van der Waals surface area contributed by atoms with E-state index in [1.807, 2.05) is 24.3 Å². The summed E-state index contributed by atoms with van der Waals surface area (Å²) < 4.78 is 0.